The number of carboxylic acid groups (broad SMARTS) is 1. The van der Waals surface area contributed by atoms with E-state index in [0.717, 1.165) is 28.7 Å². The number of esters is 1. The van der Waals surface area contributed by atoms with Crippen molar-refractivity contribution in [3.63, 3.8) is 0 Å². The van der Waals surface area contributed by atoms with E-state index in [4.69, 9.17) is 14.2 Å². The molecule has 6 nitrogen and oxygen atoms in total. The normalized spacial score (nSPS) is 11.7. The van der Waals surface area contributed by atoms with E-state index in [0.29, 0.717) is 23.0 Å². The van der Waals surface area contributed by atoms with E-state index in [1.165, 1.54) is 6.07 Å². The lowest BCUT2D eigenvalue weighted by atomic mass is 9.91. The molecule has 3 aromatic carbocycles. The first-order valence-electron chi connectivity index (χ1n) is 12.8. The molecular formula is C31H35FO6. The van der Waals surface area contributed by atoms with Gasteiger partial charge in [0.05, 0.1) is 26.6 Å². The molecule has 1 unspecified atom stereocenters. The summed E-state index contributed by atoms with van der Waals surface area (Å²) in [5, 5.41) is 9.34. The Morgan fingerprint density at radius 2 is 1.71 bits per heavy atom. The minimum atomic E-state index is -0.980. The van der Waals surface area contributed by atoms with Crippen molar-refractivity contribution >= 4 is 11.9 Å². The van der Waals surface area contributed by atoms with Crippen LogP contribution in [-0.4, -0.2) is 30.8 Å². The van der Waals surface area contributed by atoms with Crippen LogP contribution in [0.1, 0.15) is 56.2 Å². The number of carbonyl (C=O) groups excluding carboxylic acids is 1. The summed E-state index contributed by atoms with van der Waals surface area (Å²) in [6.07, 6.45) is 0.554. The number of carbonyl (C=O) groups is 2. The highest BCUT2D eigenvalue weighted by atomic mass is 19.1. The molecule has 0 aliphatic carbocycles. The fourth-order valence-corrected chi connectivity index (χ4v) is 4.41. The zero-order valence-electron chi connectivity index (χ0n) is 22.3. The van der Waals surface area contributed by atoms with Crippen LogP contribution < -0.4 is 9.47 Å². The molecule has 0 heterocycles. The summed E-state index contributed by atoms with van der Waals surface area (Å²) in [6, 6.07) is 17.7. The van der Waals surface area contributed by atoms with Crippen LogP contribution in [0.4, 0.5) is 4.39 Å². The second-order valence-corrected chi connectivity index (χ2v) is 9.60. The first-order valence-corrected chi connectivity index (χ1v) is 12.8. The Morgan fingerprint density at radius 3 is 2.39 bits per heavy atom. The molecule has 0 amide bonds. The first-order chi connectivity index (χ1) is 18.2. The zero-order valence-corrected chi connectivity index (χ0v) is 22.3. The van der Waals surface area contributed by atoms with Crippen molar-refractivity contribution in [2.45, 2.75) is 52.6 Å². The summed E-state index contributed by atoms with van der Waals surface area (Å²) in [6.45, 7) is 6.42. The second-order valence-electron chi connectivity index (χ2n) is 9.60. The monoisotopic (exact) mass is 522 g/mol. The predicted octanol–water partition coefficient (Wildman–Crippen LogP) is 6.79. The molecule has 0 saturated carbocycles. The number of aliphatic carboxylic acids is 1. The number of ether oxygens (including phenoxy) is 3. The SMILES string of the molecule is CCOC(=O)CC(CC(=O)O)c1cccc(COc2ccc(-c3cc(OC)ccc3F)c(CC(C)C)c2)c1. The van der Waals surface area contributed by atoms with E-state index < -0.39 is 17.9 Å². The number of hydrogen-bond acceptors (Lipinski definition) is 5. The lowest BCUT2D eigenvalue weighted by Gasteiger charge is -2.17. The van der Waals surface area contributed by atoms with Gasteiger partial charge in [-0.3, -0.25) is 9.59 Å². The van der Waals surface area contributed by atoms with Crippen molar-refractivity contribution in [2.75, 3.05) is 13.7 Å². The molecule has 3 aromatic rings. The van der Waals surface area contributed by atoms with Crippen LogP contribution in [0.5, 0.6) is 11.5 Å². The number of carboxylic acids is 1. The van der Waals surface area contributed by atoms with E-state index in [1.807, 2.05) is 42.5 Å². The Bertz CT molecular complexity index is 1250. The molecule has 202 valence electrons. The van der Waals surface area contributed by atoms with Crippen LogP contribution in [-0.2, 0) is 27.4 Å². The van der Waals surface area contributed by atoms with Crippen molar-refractivity contribution < 1.29 is 33.3 Å². The van der Waals surface area contributed by atoms with Gasteiger partial charge < -0.3 is 19.3 Å². The molecule has 0 aliphatic rings. The summed E-state index contributed by atoms with van der Waals surface area (Å²) in [4.78, 5) is 23.4. The van der Waals surface area contributed by atoms with Gasteiger partial charge in [-0.15, -0.1) is 0 Å². The van der Waals surface area contributed by atoms with Crippen LogP contribution in [0.15, 0.2) is 60.7 Å². The number of rotatable bonds is 13. The minimum absolute atomic E-state index is 0.00863. The number of hydrogen-bond donors (Lipinski definition) is 1. The molecule has 0 bridgehead atoms. The quantitative estimate of drug-likeness (QED) is 0.249. The third-order valence-electron chi connectivity index (χ3n) is 6.14. The second kappa shape index (κ2) is 13.6. The average Bonchev–Trinajstić information content (AvgIpc) is 2.87. The third kappa shape index (κ3) is 8.07. The lowest BCUT2D eigenvalue weighted by molar-refractivity contribution is -0.144. The Hall–Kier alpha value is -3.87. The van der Waals surface area contributed by atoms with Crippen LogP contribution in [0.25, 0.3) is 11.1 Å². The van der Waals surface area contributed by atoms with E-state index in [-0.39, 0.29) is 31.9 Å². The zero-order chi connectivity index (χ0) is 27.7. The van der Waals surface area contributed by atoms with Crippen molar-refractivity contribution in [3.05, 3.63) is 83.2 Å². The molecule has 1 N–H and O–H groups in total. The van der Waals surface area contributed by atoms with Crippen molar-refractivity contribution in [2.24, 2.45) is 5.92 Å². The van der Waals surface area contributed by atoms with Gasteiger partial charge in [-0.05, 0) is 71.8 Å². The third-order valence-corrected chi connectivity index (χ3v) is 6.14. The summed E-state index contributed by atoms with van der Waals surface area (Å²) in [5.74, 6) is -0.647. The van der Waals surface area contributed by atoms with Crippen LogP contribution in [0, 0.1) is 11.7 Å². The van der Waals surface area contributed by atoms with Gasteiger partial charge in [0, 0.05) is 11.5 Å². The van der Waals surface area contributed by atoms with Gasteiger partial charge in [-0.1, -0.05) is 44.2 Å². The van der Waals surface area contributed by atoms with Crippen molar-refractivity contribution in [1.82, 2.24) is 0 Å². The highest BCUT2D eigenvalue weighted by Gasteiger charge is 2.21. The molecule has 0 aromatic heterocycles. The van der Waals surface area contributed by atoms with Crippen LogP contribution in [0.3, 0.4) is 0 Å². The minimum Gasteiger partial charge on any atom is -0.497 e. The maximum Gasteiger partial charge on any atom is 0.306 e. The summed E-state index contributed by atoms with van der Waals surface area (Å²) in [5.41, 5.74) is 3.82. The van der Waals surface area contributed by atoms with Gasteiger partial charge in [0.1, 0.15) is 23.9 Å². The van der Waals surface area contributed by atoms with Gasteiger partial charge in [0.25, 0.3) is 0 Å². The van der Waals surface area contributed by atoms with E-state index >= 15 is 0 Å². The predicted molar refractivity (Wildman–Crippen MR) is 144 cm³/mol. The summed E-state index contributed by atoms with van der Waals surface area (Å²) in [7, 11) is 1.55. The topological polar surface area (TPSA) is 82.1 Å². The molecule has 0 spiro atoms. The average molecular weight is 523 g/mol. The van der Waals surface area contributed by atoms with Gasteiger partial charge >= 0.3 is 11.9 Å². The molecule has 0 saturated heterocycles. The van der Waals surface area contributed by atoms with E-state index in [1.54, 1.807) is 26.2 Å². The summed E-state index contributed by atoms with van der Waals surface area (Å²) < 4.78 is 31.1. The molecule has 0 radical (unpaired) electrons. The Labute approximate surface area is 223 Å². The Morgan fingerprint density at radius 1 is 0.947 bits per heavy atom. The highest BCUT2D eigenvalue weighted by Crippen LogP contribution is 2.34. The summed E-state index contributed by atoms with van der Waals surface area (Å²) >= 11 is 0. The van der Waals surface area contributed by atoms with E-state index in [2.05, 4.69) is 13.8 Å². The number of halogens is 1. The van der Waals surface area contributed by atoms with Crippen molar-refractivity contribution in [3.8, 4) is 22.6 Å². The standard InChI is InChI=1S/C31H35FO6/c1-5-37-31(35)17-23(16-30(33)34)22-8-6-7-21(14-22)19-38-26-9-11-27(24(15-26)13-20(2)3)28-18-25(36-4)10-12-29(28)32/h6-12,14-15,18,20,23H,5,13,16-17,19H2,1-4H3,(H,33,34). The maximum absolute atomic E-state index is 14.7. The lowest BCUT2D eigenvalue weighted by Crippen LogP contribution is -2.14. The van der Waals surface area contributed by atoms with Gasteiger partial charge in [0.15, 0.2) is 0 Å². The van der Waals surface area contributed by atoms with Gasteiger partial charge in [-0.25, -0.2) is 4.39 Å². The number of methoxy groups -OCH3 is 1. The van der Waals surface area contributed by atoms with Crippen LogP contribution in [0.2, 0.25) is 0 Å². The fourth-order valence-electron chi connectivity index (χ4n) is 4.41. The first kappa shape index (κ1) is 28.7. The molecule has 3 rings (SSSR count). The largest absolute Gasteiger partial charge is 0.497 e. The van der Waals surface area contributed by atoms with E-state index in [9.17, 15) is 19.1 Å². The smallest absolute Gasteiger partial charge is 0.306 e. The van der Waals surface area contributed by atoms with Gasteiger partial charge in [0.2, 0.25) is 0 Å². The van der Waals surface area contributed by atoms with Crippen molar-refractivity contribution in [1.29, 1.82) is 0 Å². The molecule has 0 fully saturated rings. The Balaban J connectivity index is 1.83. The Kier molecular flexibility index (Phi) is 10.3. The molecule has 0 aliphatic heterocycles. The molecule has 38 heavy (non-hydrogen) atoms. The fraction of sp³-hybridized carbons (Fsp3) is 0.355. The molecule has 1 atom stereocenters. The van der Waals surface area contributed by atoms with Crippen LogP contribution >= 0.6 is 0 Å². The maximum atomic E-state index is 14.7. The molecule has 7 heteroatoms. The van der Waals surface area contributed by atoms with Gasteiger partial charge in [-0.2, -0.15) is 0 Å². The number of benzene rings is 3. The molecular weight excluding hydrogens is 487 g/mol. The highest BCUT2D eigenvalue weighted by molar-refractivity contribution is 5.74.